The summed E-state index contributed by atoms with van der Waals surface area (Å²) < 4.78 is 0. The second kappa shape index (κ2) is 15.5. The Morgan fingerprint density at radius 3 is 2.33 bits per heavy atom. The summed E-state index contributed by atoms with van der Waals surface area (Å²) in [4.78, 5) is 38.8. The lowest BCUT2D eigenvalue weighted by molar-refractivity contribution is -0.0567. The summed E-state index contributed by atoms with van der Waals surface area (Å²) in [5, 5.41) is 18.3. The largest absolute Gasteiger partial charge is 0.382 e. The van der Waals surface area contributed by atoms with Crippen molar-refractivity contribution >= 4 is 23.6 Å². The number of H-pyrrole nitrogens is 1. The van der Waals surface area contributed by atoms with E-state index in [2.05, 4.69) is 42.9 Å². The van der Waals surface area contributed by atoms with Gasteiger partial charge in [0.25, 0.3) is 11.5 Å². The number of nitrogens with one attached hydrogen (secondary N) is 5. The lowest BCUT2D eigenvalue weighted by Gasteiger charge is -2.57. The van der Waals surface area contributed by atoms with E-state index in [9.17, 15) is 9.59 Å². The van der Waals surface area contributed by atoms with Gasteiger partial charge in [0.15, 0.2) is 0 Å². The standard InChI is InChI=1S/C42H58N8O2/c1-27(2)47-38-20-34(19-35(36(38)24-43)40(51)46-26-37-28(3)15-29(4)48-41(37)52)33-5-6-39(45-25-33)50-13-11-49(12-14-50)10-9-44-8-7-42-21-30-16-31(22-42)18-32(17-30)23-42/h5-6,15,19-20,24-25,27,30-32,43-44,47H,7-14,16-18,21-23,26H2,1-4H3,(H,46,51)(H,48,52). The van der Waals surface area contributed by atoms with Crippen molar-refractivity contribution < 1.29 is 4.79 Å². The minimum absolute atomic E-state index is 0.0938. The molecule has 0 unspecified atom stereocenters. The van der Waals surface area contributed by atoms with Gasteiger partial charge < -0.3 is 31.2 Å². The van der Waals surface area contributed by atoms with Crippen LogP contribution in [0.15, 0.2) is 41.3 Å². The van der Waals surface area contributed by atoms with Gasteiger partial charge in [0.05, 0.1) is 5.56 Å². The molecule has 5 aliphatic rings. The van der Waals surface area contributed by atoms with Crippen LogP contribution < -0.4 is 26.4 Å². The highest BCUT2D eigenvalue weighted by Crippen LogP contribution is 2.61. The molecule has 0 spiro atoms. The normalized spacial score (nSPS) is 24.0. The van der Waals surface area contributed by atoms with Gasteiger partial charge in [0.2, 0.25) is 0 Å². The molecule has 4 aliphatic carbocycles. The van der Waals surface area contributed by atoms with E-state index >= 15 is 0 Å². The van der Waals surface area contributed by atoms with Crippen LogP contribution in [0.3, 0.4) is 0 Å². The number of aryl methyl sites for hydroxylation is 2. The number of nitrogens with zero attached hydrogens (tertiary/aromatic N) is 3. The fraction of sp³-hybridized carbons (Fsp3) is 0.571. The van der Waals surface area contributed by atoms with Gasteiger partial charge in [-0.05, 0) is 144 Å². The average Bonchev–Trinajstić information content (AvgIpc) is 3.10. The van der Waals surface area contributed by atoms with E-state index < -0.39 is 0 Å². The van der Waals surface area contributed by atoms with Crippen LogP contribution in [-0.4, -0.2) is 78.8 Å². The molecule has 3 heterocycles. The molecule has 278 valence electrons. The summed E-state index contributed by atoms with van der Waals surface area (Å²) in [7, 11) is 0. The molecule has 5 fully saturated rings. The highest BCUT2D eigenvalue weighted by atomic mass is 16.1. The Hall–Kier alpha value is -4.02. The van der Waals surface area contributed by atoms with E-state index in [1.54, 1.807) is 0 Å². The molecule has 4 bridgehead atoms. The lowest BCUT2D eigenvalue weighted by atomic mass is 9.49. The van der Waals surface area contributed by atoms with E-state index in [4.69, 9.17) is 10.4 Å². The smallest absolute Gasteiger partial charge is 0.253 e. The Balaban J connectivity index is 0.940. The van der Waals surface area contributed by atoms with E-state index in [0.717, 1.165) is 85.2 Å². The summed E-state index contributed by atoms with van der Waals surface area (Å²) in [5.74, 6) is 3.73. The summed E-state index contributed by atoms with van der Waals surface area (Å²) in [6.07, 6.45) is 13.6. The zero-order chi connectivity index (χ0) is 36.4. The first-order valence-electron chi connectivity index (χ1n) is 19.6. The monoisotopic (exact) mass is 706 g/mol. The SMILES string of the molecule is Cc1cc(C)c(CNC(=O)c2cc(-c3ccc(N4CCN(CCNCCC56CC7CC(CC(C7)C5)C6)CC4)nc3)cc(NC(C)C)c2C=N)c(=O)[nH]1. The van der Waals surface area contributed by atoms with E-state index in [0.29, 0.717) is 27.8 Å². The molecule has 1 saturated heterocycles. The molecule has 8 rings (SSSR count). The van der Waals surface area contributed by atoms with Crippen LogP contribution in [0.4, 0.5) is 11.5 Å². The minimum Gasteiger partial charge on any atom is -0.382 e. The van der Waals surface area contributed by atoms with Crippen LogP contribution in [0, 0.1) is 42.4 Å². The Labute approximate surface area is 309 Å². The molecule has 0 radical (unpaired) electrons. The lowest BCUT2D eigenvalue weighted by Crippen LogP contribution is -2.49. The number of pyridine rings is 2. The zero-order valence-electron chi connectivity index (χ0n) is 31.6. The van der Waals surface area contributed by atoms with Crippen molar-refractivity contribution in [3.05, 3.63) is 74.8 Å². The highest BCUT2D eigenvalue weighted by Gasteiger charge is 2.50. The van der Waals surface area contributed by atoms with Crippen LogP contribution >= 0.6 is 0 Å². The van der Waals surface area contributed by atoms with Crippen LogP contribution in [0.2, 0.25) is 0 Å². The third-order valence-electron chi connectivity index (χ3n) is 12.3. The molecule has 10 nitrogen and oxygen atoms in total. The topological polar surface area (TPSA) is 129 Å². The van der Waals surface area contributed by atoms with Crippen LogP contribution in [0.1, 0.15) is 91.5 Å². The van der Waals surface area contributed by atoms with Crippen molar-refractivity contribution in [1.29, 1.82) is 5.41 Å². The number of aromatic nitrogens is 2. The summed E-state index contributed by atoms with van der Waals surface area (Å²) >= 11 is 0. The Morgan fingerprint density at radius 2 is 1.71 bits per heavy atom. The quantitative estimate of drug-likeness (QED) is 0.101. The Morgan fingerprint density at radius 1 is 1.00 bits per heavy atom. The van der Waals surface area contributed by atoms with Gasteiger partial charge in [-0.25, -0.2) is 4.98 Å². The van der Waals surface area contributed by atoms with Crippen molar-refractivity contribution in [2.75, 3.05) is 56.0 Å². The van der Waals surface area contributed by atoms with Gasteiger partial charge in [-0.1, -0.05) is 0 Å². The van der Waals surface area contributed by atoms with Crippen LogP contribution in [0.5, 0.6) is 0 Å². The molecule has 1 amide bonds. The number of hydrogen-bond donors (Lipinski definition) is 5. The zero-order valence-corrected chi connectivity index (χ0v) is 31.6. The first-order valence-corrected chi connectivity index (χ1v) is 19.6. The maximum atomic E-state index is 13.6. The fourth-order valence-electron chi connectivity index (χ4n) is 10.2. The molecule has 0 atom stereocenters. The maximum absolute atomic E-state index is 13.6. The number of amides is 1. The van der Waals surface area contributed by atoms with Crippen molar-refractivity contribution in [3.8, 4) is 11.1 Å². The van der Waals surface area contributed by atoms with Crippen molar-refractivity contribution in [2.45, 2.75) is 85.2 Å². The summed E-state index contributed by atoms with van der Waals surface area (Å²) in [6, 6.07) is 9.94. The molecule has 2 aromatic heterocycles. The van der Waals surface area contributed by atoms with Crippen LogP contribution in [-0.2, 0) is 6.54 Å². The summed E-state index contributed by atoms with van der Waals surface area (Å²) in [5.41, 5.74) is 5.90. The number of carbonyl (C=O) groups excluding carboxylic acids is 1. The fourth-order valence-corrected chi connectivity index (χ4v) is 10.2. The Kier molecular flexibility index (Phi) is 10.9. The second-order valence-electron chi connectivity index (χ2n) is 16.7. The van der Waals surface area contributed by atoms with Gasteiger partial charge in [-0.3, -0.25) is 14.5 Å². The number of benzene rings is 1. The van der Waals surface area contributed by atoms with E-state index in [1.165, 1.54) is 57.7 Å². The molecule has 4 saturated carbocycles. The van der Waals surface area contributed by atoms with E-state index in [-0.39, 0.29) is 24.1 Å². The van der Waals surface area contributed by atoms with Gasteiger partial charge in [0, 0.05) is 92.3 Å². The number of hydrogen-bond acceptors (Lipinski definition) is 8. The molecule has 5 N–H and O–H groups in total. The number of anilines is 2. The van der Waals surface area contributed by atoms with Gasteiger partial charge in [0.1, 0.15) is 5.82 Å². The maximum Gasteiger partial charge on any atom is 0.253 e. The number of piperazine rings is 1. The first kappa shape index (κ1) is 36.3. The van der Waals surface area contributed by atoms with Crippen LogP contribution in [0.25, 0.3) is 11.1 Å². The predicted molar refractivity (Wildman–Crippen MR) is 211 cm³/mol. The van der Waals surface area contributed by atoms with Crippen molar-refractivity contribution in [1.82, 2.24) is 25.5 Å². The predicted octanol–water partition coefficient (Wildman–Crippen LogP) is 6.12. The summed E-state index contributed by atoms with van der Waals surface area (Å²) in [6.45, 7) is 15.1. The number of rotatable bonds is 14. The molecule has 1 aromatic carbocycles. The average molecular weight is 707 g/mol. The molecular weight excluding hydrogens is 649 g/mol. The molecule has 52 heavy (non-hydrogen) atoms. The van der Waals surface area contributed by atoms with Gasteiger partial charge in [-0.15, -0.1) is 0 Å². The number of carbonyl (C=O) groups is 1. The molecular formula is C42H58N8O2. The minimum atomic E-state index is -0.341. The van der Waals surface area contributed by atoms with Gasteiger partial charge in [-0.2, -0.15) is 0 Å². The van der Waals surface area contributed by atoms with E-state index in [1.807, 2.05) is 52.1 Å². The Bertz CT molecular complexity index is 1770. The molecule has 3 aromatic rings. The highest BCUT2D eigenvalue weighted by molar-refractivity contribution is 6.06. The van der Waals surface area contributed by atoms with Gasteiger partial charge >= 0.3 is 0 Å². The first-order chi connectivity index (χ1) is 25.1. The third-order valence-corrected chi connectivity index (χ3v) is 12.3. The second-order valence-corrected chi connectivity index (χ2v) is 16.7. The third kappa shape index (κ3) is 8.13. The molecule has 1 aliphatic heterocycles. The number of aromatic amines is 1. The molecule has 10 heteroatoms. The van der Waals surface area contributed by atoms with Crippen molar-refractivity contribution in [2.24, 2.45) is 23.2 Å². The van der Waals surface area contributed by atoms with Crippen molar-refractivity contribution in [3.63, 3.8) is 0 Å².